The first-order valence-corrected chi connectivity index (χ1v) is 8.01. The fraction of sp³-hybridized carbons (Fsp3) is 0.500. The lowest BCUT2D eigenvalue weighted by Gasteiger charge is -2.24. The summed E-state index contributed by atoms with van der Waals surface area (Å²) in [5.41, 5.74) is 0.584. The Kier molecular flexibility index (Phi) is 5.71. The van der Waals surface area contributed by atoms with Crippen LogP contribution in [0.5, 0.6) is 0 Å². The Morgan fingerprint density at radius 2 is 1.85 bits per heavy atom. The van der Waals surface area contributed by atoms with Crippen molar-refractivity contribution in [2.45, 2.75) is 44.0 Å². The van der Waals surface area contributed by atoms with Gasteiger partial charge in [-0.05, 0) is 31.0 Å². The summed E-state index contributed by atoms with van der Waals surface area (Å²) in [6.07, 6.45) is 1.60. The topological polar surface area (TPSA) is 74.7 Å². The number of carboxylic acid groups (broad SMARTS) is 1. The van der Waals surface area contributed by atoms with Gasteiger partial charge in [0.2, 0.25) is 10.0 Å². The number of hydrogen-bond donors (Lipinski definition) is 1. The minimum Gasteiger partial charge on any atom is -0.481 e. The second kappa shape index (κ2) is 6.85. The van der Waals surface area contributed by atoms with Crippen LogP contribution >= 0.6 is 0 Å². The van der Waals surface area contributed by atoms with Crippen LogP contribution in [0.4, 0.5) is 0 Å². The van der Waals surface area contributed by atoms with Gasteiger partial charge in [0.25, 0.3) is 0 Å². The lowest BCUT2D eigenvalue weighted by Crippen LogP contribution is -2.34. The molecule has 5 nitrogen and oxygen atoms in total. The molecule has 1 rings (SSSR count). The van der Waals surface area contributed by atoms with Crippen LogP contribution in [0.3, 0.4) is 0 Å². The van der Waals surface area contributed by atoms with Crippen LogP contribution in [-0.4, -0.2) is 36.9 Å². The summed E-state index contributed by atoms with van der Waals surface area (Å²) < 4.78 is 26.1. The van der Waals surface area contributed by atoms with E-state index in [9.17, 15) is 13.2 Å². The first kappa shape index (κ1) is 16.7. The van der Waals surface area contributed by atoms with E-state index in [0.717, 1.165) is 12.8 Å². The van der Waals surface area contributed by atoms with Gasteiger partial charge in [-0.2, -0.15) is 4.31 Å². The third-order valence-electron chi connectivity index (χ3n) is 3.28. The Morgan fingerprint density at radius 1 is 1.30 bits per heavy atom. The highest BCUT2D eigenvalue weighted by molar-refractivity contribution is 7.89. The molecular formula is C14H21NO4S. The molecule has 6 heteroatoms. The summed E-state index contributed by atoms with van der Waals surface area (Å²) in [5.74, 6) is -0.936. The van der Waals surface area contributed by atoms with Crippen molar-refractivity contribution in [1.29, 1.82) is 0 Å². The zero-order valence-corrected chi connectivity index (χ0v) is 12.9. The number of aliphatic carboxylic acids is 1. The molecule has 0 aliphatic rings. The maximum Gasteiger partial charge on any atom is 0.307 e. The summed E-state index contributed by atoms with van der Waals surface area (Å²) >= 11 is 0. The van der Waals surface area contributed by atoms with Crippen molar-refractivity contribution in [3.05, 3.63) is 29.8 Å². The van der Waals surface area contributed by atoms with Crippen LogP contribution in [0.15, 0.2) is 29.2 Å². The Bertz CT molecular complexity index is 551. The molecule has 0 aliphatic heterocycles. The van der Waals surface area contributed by atoms with Crippen molar-refractivity contribution >= 4 is 16.0 Å². The highest BCUT2D eigenvalue weighted by atomic mass is 32.2. The molecule has 1 unspecified atom stereocenters. The van der Waals surface area contributed by atoms with E-state index >= 15 is 0 Å². The van der Waals surface area contributed by atoms with Gasteiger partial charge >= 0.3 is 5.97 Å². The summed E-state index contributed by atoms with van der Waals surface area (Å²) in [5, 5.41) is 8.69. The van der Waals surface area contributed by atoms with Crippen LogP contribution in [0.1, 0.15) is 32.3 Å². The van der Waals surface area contributed by atoms with Gasteiger partial charge in [-0.3, -0.25) is 4.79 Å². The fourth-order valence-corrected chi connectivity index (χ4v) is 3.35. The largest absolute Gasteiger partial charge is 0.481 e. The Balaban J connectivity index is 2.95. The van der Waals surface area contributed by atoms with Crippen LogP contribution in [-0.2, 0) is 21.2 Å². The molecule has 0 spiro atoms. The average molecular weight is 299 g/mol. The summed E-state index contributed by atoms with van der Waals surface area (Å²) in [6, 6.07) is 5.94. The normalized spacial score (nSPS) is 13.4. The molecule has 0 amide bonds. The first-order valence-electron chi connectivity index (χ1n) is 6.57. The third-order valence-corrected chi connectivity index (χ3v) is 5.27. The predicted octanol–water partition coefficient (Wildman–Crippen LogP) is 2.12. The Hall–Kier alpha value is -1.40. The highest BCUT2D eigenvalue weighted by Gasteiger charge is 2.24. The van der Waals surface area contributed by atoms with Crippen LogP contribution in [0.25, 0.3) is 0 Å². The van der Waals surface area contributed by atoms with Gasteiger partial charge in [0.05, 0.1) is 11.3 Å². The van der Waals surface area contributed by atoms with Crippen molar-refractivity contribution < 1.29 is 18.3 Å². The number of carboxylic acids is 1. The monoisotopic (exact) mass is 299 g/mol. The van der Waals surface area contributed by atoms with Gasteiger partial charge in [-0.15, -0.1) is 0 Å². The SMILES string of the molecule is CCCC(C)N(C)S(=O)(=O)c1ccc(CC(=O)O)cc1. The molecule has 0 aromatic heterocycles. The van der Waals surface area contributed by atoms with Crippen LogP contribution in [0, 0.1) is 0 Å². The second-order valence-corrected chi connectivity index (χ2v) is 6.87. The molecule has 1 atom stereocenters. The third kappa shape index (κ3) is 4.05. The van der Waals surface area contributed by atoms with Gasteiger partial charge in [0.1, 0.15) is 0 Å². The first-order chi connectivity index (χ1) is 9.28. The number of carbonyl (C=O) groups is 1. The quantitative estimate of drug-likeness (QED) is 0.837. The smallest absolute Gasteiger partial charge is 0.307 e. The molecule has 0 saturated carbocycles. The van der Waals surface area contributed by atoms with Crippen molar-refractivity contribution in [3.8, 4) is 0 Å². The number of sulfonamides is 1. The van der Waals surface area contributed by atoms with Gasteiger partial charge in [0, 0.05) is 13.1 Å². The molecule has 20 heavy (non-hydrogen) atoms. The molecule has 0 bridgehead atoms. The number of benzene rings is 1. The van der Waals surface area contributed by atoms with E-state index in [-0.39, 0.29) is 17.4 Å². The van der Waals surface area contributed by atoms with Gasteiger partial charge in [-0.25, -0.2) is 8.42 Å². The molecule has 0 aliphatic carbocycles. The maximum atomic E-state index is 12.4. The number of rotatable bonds is 7. The molecule has 112 valence electrons. The van der Waals surface area contributed by atoms with E-state index in [0.29, 0.717) is 5.56 Å². The van der Waals surface area contributed by atoms with Gasteiger partial charge < -0.3 is 5.11 Å². The minimum atomic E-state index is -3.52. The van der Waals surface area contributed by atoms with E-state index in [2.05, 4.69) is 0 Å². The van der Waals surface area contributed by atoms with E-state index < -0.39 is 16.0 Å². The van der Waals surface area contributed by atoms with Crippen molar-refractivity contribution in [2.24, 2.45) is 0 Å². The van der Waals surface area contributed by atoms with Gasteiger partial charge in [-0.1, -0.05) is 25.5 Å². The lowest BCUT2D eigenvalue weighted by atomic mass is 10.2. The lowest BCUT2D eigenvalue weighted by molar-refractivity contribution is -0.136. The van der Waals surface area contributed by atoms with E-state index in [1.807, 2.05) is 13.8 Å². The summed E-state index contributed by atoms with van der Waals surface area (Å²) in [6.45, 7) is 3.89. The predicted molar refractivity (Wildman–Crippen MR) is 77.1 cm³/mol. The molecular weight excluding hydrogens is 278 g/mol. The summed E-state index contributed by atoms with van der Waals surface area (Å²) in [7, 11) is -1.95. The molecule has 0 heterocycles. The van der Waals surface area contributed by atoms with E-state index in [4.69, 9.17) is 5.11 Å². The Morgan fingerprint density at radius 3 is 2.30 bits per heavy atom. The Labute approximate surface area is 120 Å². The van der Waals surface area contributed by atoms with E-state index in [1.54, 1.807) is 19.2 Å². The number of hydrogen-bond acceptors (Lipinski definition) is 3. The van der Waals surface area contributed by atoms with Crippen LogP contribution in [0.2, 0.25) is 0 Å². The van der Waals surface area contributed by atoms with Gasteiger partial charge in [0.15, 0.2) is 0 Å². The average Bonchev–Trinajstić information content (AvgIpc) is 2.38. The number of nitrogens with zero attached hydrogens (tertiary/aromatic N) is 1. The second-order valence-electron chi connectivity index (χ2n) is 4.87. The van der Waals surface area contributed by atoms with Crippen molar-refractivity contribution in [1.82, 2.24) is 4.31 Å². The minimum absolute atomic E-state index is 0.0660. The fourth-order valence-electron chi connectivity index (χ4n) is 1.96. The molecule has 1 N–H and O–H groups in total. The highest BCUT2D eigenvalue weighted by Crippen LogP contribution is 2.19. The standard InChI is InChI=1S/C14H21NO4S/c1-4-5-11(2)15(3)20(18,19)13-8-6-12(7-9-13)10-14(16)17/h6-9,11H,4-5,10H2,1-3H3,(H,16,17). The van der Waals surface area contributed by atoms with Crippen molar-refractivity contribution in [2.75, 3.05) is 7.05 Å². The van der Waals surface area contributed by atoms with Crippen LogP contribution < -0.4 is 0 Å². The zero-order chi connectivity index (χ0) is 15.3. The van der Waals surface area contributed by atoms with E-state index in [1.165, 1.54) is 16.4 Å². The molecule has 0 saturated heterocycles. The maximum absolute atomic E-state index is 12.4. The zero-order valence-electron chi connectivity index (χ0n) is 12.0. The molecule has 1 aromatic rings. The molecule has 0 radical (unpaired) electrons. The molecule has 0 fully saturated rings. The summed E-state index contributed by atoms with van der Waals surface area (Å²) in [4.78, 5) is 10.8. The molecule has 1 aromatic carbocycles. The van der Waals surface area contributed by atoms with Crippen molar-refractivity contribution in [3.63, 3.8) is 0 Å².